The Balaban J connectivity index is 0.00000242. The smallest absolute Gasteiger partial charge is 0.119 e. The first kappa shape index (κ1) is 19.1. The molecular weight excluding hydrogens is 300 g/mol. The van der Waals surface area contributed by atoms with Crippen LogP contribution in [0.1, 0.15) is 26.2 Å². The summed E-state index contributed by atoms with van der Waals surface area (Å²) >= 11 is 0. The van der Waals surface area contributed by atoms with Gasteiger partial charge >= 0.3 is 0 Å². The van der Waals surface area contributed by atoms with Crippen LogP contribution in [0.2, 0.25) is 0 Å². The Kier molecular flexibility index (Phi) is 9.28. The molecule has 1 aliphatic rings. The molecule has 0 unspecified atom stereocenters. The predicted octanol–water partition coefficient (Wildman–Crippen LogP) is 2.96. The molecule has 0 spiro atoms. The predicted molar refractivity (Wildman–Crippen MR) is 93.5 cm³/mol. The first-order valence-electron chi connectivity index (χ1n) is 8.07. The van der Waals surface area contributed by atoms with Crippen LogP contribution in [0.15, 0.2) is 24.3 Å². The van der Waals surface area contributed by atoms with E-state index in [4.69, 9.17) is 9.47 Å². The van der Waals surface area contributed by atoms with Gasteiger partial charge in [-0.15, -0.1) is 12.4 Å². The van der Waals surface area contributed by atoms with Crippen molar-refractivity contribution >= 4 is 12.4 Å². The minimum Gasteiger partial charge on any atom is -0.494 e. The van der Waals surface area contributed by atoms with E-state index < -0.39 is 0 Å². The molecule has 0 radical (unpaired) electrons. The number of rotatable bonds is 8. The van der Waals surface area contributed by atoms with E-state index in [1.54, 1.807) is 0 Å². The van der Waals surface area contributed by atoms with Crippen molar-refractivity contribution in [2.75, 3.05) is 39.9 Å². The van der Waals surface area contributed by atoms with E-state index in [-0.39, 0.29) is 12.4 Å². The molecule has 1 aromatic rings. The van der Waals surface area contributed by atoms with Gasteiger partial charge in [-0.25, -0.2) is 0 Å². The van der Waals surface area contributed by atoms with Crippen molar-refractivity contribution in [3.63, 3.8) is 0 Å². The summed E-state index contributed by atoms with van der Waals surface area (Å²) in [6.07, 6.45) is 3.50. The van der Waals surface area contributed by atoms with Gasteiger partial charge in [0.15, 0.2) is 0 Å². The summed E-state index contributed by atoms with van der Waals surface area (Å²) in [5.74, 6) is 1.84. The summed E-state index contributed by atoms with van der Waals surface area (Å²) in [5, 5.41) is 3.36. The van der Waals surface area contributed by atoms with Crippen LogP contribution in [0.5, 0.6) is 11.5 Å². The molecule has 1 aromatic carbocycles. The molecule has 0 bridgehead atoms. The number of piperidine rings is 1. The monoisotopic (exact) mass is 328 g/mol. The number of ether oxygens (including phenoxy) is 2. The normalized spacial score (nSPS) is 16.1. The summed E-state index contributed by atoms with van der Waals surface area (Å²) in [4.78, 5) is 2.48. The number of nitrogens with zero attached hydrogens (tertiary/aromatic N) is 1. The molecule has 1 N–H and O–H groups in total. The fourth-order valence-corrected chi connectivity index (χ4v) is 2.59. The Morgan fingerprint density at radius 2 is 1.59 bits per heavy atom. The summed E-state index contributed by atoms with van der Waals surface area (Å²) < 4.78 is 11.4. The molecule has 0 saturated carbocycles. The van der Waals surface area contributed by atoms with Gasteiger partial charge in [-0.1, -0.05) is 6.92 Å². The third-order valence-electron chi connectivity index (χ3n) is 3.97. The fourth-order valence-electron chi connectivity index (χ4n) is 2.59. The molecule has 2 rings (SSSR count). The van der Waals surface area contributed by atoms with E-state index in [1.165, 1.54) is 25.9 Å². The van der Waals surface area contributed by atoms with Crippen LogP contribution >= 0.6 is 12.4 Å². The van der Waals surface area contributed by atoms with E-state index in [2.05, 4.69) is 24.2 Å². The lowest BCUT2D eigenvalue weighted by atomic mass is 10.1. The van der Waals surface area contributed by atoms with Crippen LogP contribution in [0.4, 0.5) is 0 Å². The van der Waals surface area contributed by atoms with Crippen molar-refractivity contribution in [1.82, 2.24) is 10.2 Å². The highest BCUT2D eigenvalue weighted by molar-refractivity contribution is 5.85. The molecule has 0 aliphatic carbocycles. The van der Waals surface area contributed by atoms with Crippen molar-refractivity contribution in [3.05, 3.63) is 24.3 Å². The topological polar surface area (TPSA) is 33.7 Å². The Hall–Kier alpha value is -0.970. The van der Waals surface area contributed by atoms with Gasteiger partial charge in [0.2, 0.25) is 0 Å². The first-order chi connectivity index (χ1) is 10.3. The van der Waals surface area contributed by atoms with E-state index >= 15 is 0 Å². The van der Waals surface area contributed by atoms with E-state index in [9.17, 15) is 0 Å². The maximum atomic E-state index is 5.81. The zero-order valence-electron chi connectivity index (χ0n) is 13.7. The second-order valence-corrected chi connectivity index (χ2v) is 5.57. The zero-order chi connectivity index (χ0) is 14.9. The van der Waals surface area contributed by atoms with Crippen molar-refractivity contribution in [1.29, 1.82) is 0 Å². The highest BCUT2D eigenvalue weighted by Gasteiger charge is 2.17. The number of hydrogen-bond acceptors (Lipinski definition) is 4. The van der Waals surface area contributed by atoms with Crippen molar-refractivity contribution in [2.24, 2.45) is 0 Å². The van der Waals surface area contributed by atoms with Crippen molar-refractivity contribution < 1.29 is 9.47 Å². The molecule has 1 saturated heterocycles. The zero-order valence-corrected chi connectivity index (χ0v) is 14.5. The highest BCUT2D eigenvalue weighted by Crippen LogP contribution is 2.18. The molecule has 5 heteroatoms. The minimum absolute atomic E-state index is 0. The quantitative estimate of drug-likeness (QED) is 0.795. The molecule has 0 atom stereocenters. The van der Waals surface area contributed by atoms with Gasteiger partial charge in [0.1, 0.15) is 18.1 Å². The van der Waals surface area contributed by atoms with Gasteiger partial charge in [-0.2, -0.15) is 0 Å². The van der Waals surface area contributed by atoms with Gasteiger partial charge < -0.3 is 14.8 Å². The van der Waals surface area contributed by atoms with Gasteiger partial charge in [-0.05, 0) is 63.7 Å². The summed E-state index contributed by atoms with van der Waals surface area (Å²) in [6.45, 7) is 6.96. The Bertz CT molecular complexity index is 392. The minimum atomic E-state index is 0. The van der Waals surface area contributed by atoms with Gasteiger partial charge in [0, 0.05) is 12.6 Å². The lowest BCUT2D eigenvalue weighted by Gasteiger charge is -2.31. The molecule has 1 fully saturated rings. The molecule has 0 amide bonds. The average Bonchev–Trinajstić information content (AvgIpc) is 2.55. The average molecular weight is 329 g/mol. The number of nitrogens with one attached hydrogen (secondary N) is 1. The molecular formula is C17H29ClN2O2. The van der Waals surface area contributed by atoms with E-state index in [0.717, 1.165) is 37.7 Å². The van der Waals surface area contributed by atoms with Gasteiger partial charge in [-0.3, -0.25) is 4.90 Å². The van der Waals surface area contributed by atoms with Crippen molar-refractivity contribution in [2.45, 2.75) is 32.2 Å². The highest BCUT2D eigenvalue weighted by atomic mass is 35.5. The van der Waals surface area contributed by atoms with E-state index in [1.807, 2.05) is 24.3 Å². The van der Waals surface area contributed by atoms with Crippen LogP contribution in [0.25, 0.3) is 0 Å². The lowest BCUT2D eigenvalue weighted by Crippen LogP contribution is -2.42. The maximum Gasteiger partial charge on any atom is 0.119 e. The second-order valence-electron chi connectivity index (χ2n) is 5.57. The number of halogens is 1. The SMILES string of the molecule is CCCOc1ccc(OCCN2CCC(NC)CC2)cc1.Cl. The number of benzene rings is 1. The third kappa shape index (κ3) is 6.42. The Morgan fingerprint density at radius 3 is 2.09 bits per heavy atom. The molecule has 126 valence electrons. The maximum absolute atomic E-state index is 5.81. The number of likely N-dealkylation sites (tertiary alicyclic amines) is 1. The third-order valence-corrected chi connectivity index (χ3v) is 3.97. The first-order valence-corrected chi connectivity index (χ1v) is 8.07. The molecule has 1 heterocycles. The largest absolute Gasteiger partial charge is 0.494 e. The molecule has 22 heavy (non-hydrogen) atoms. The molecule has 0 aromatic heterocycles. The van der Waals surface area contributed by atoms with Crippen LogP contribution in [0.3, 0.4) is 0 Å². The summed E-state index contributed by atoms with van der Waals surface area (Å²) in [7, 11) is 2.05. The van der Waals surface area contributed by atoms with Gasteiger partial charge in [0.25, 0.3) is 0 Å². The van der Waals surface area contributed by atoms with Crippen molar-refractivity contribution in [3.8, 4) is 11.5 Å². The van der Waals surface area contributed by atoms with Crippen LogP contribution < -0.4 is 14.8 Å². The number of hydrogen-bond donors (Lipinski definition) is 1. The second kappa shape index (κ2) is 10.7. The fraction of sp³-hybridized carbons (Fsp3) is 0.647. The Labute approximate surface area is 140 Å². The van der Waals surface area contributed by atoms with Crippen LogP contribution in [0, 0.1) is 0 Å². The van der Waals surface area contributed by atoms with Crippen LogP contribution in [-0.4, -0.2) is 50.8 Å². The van der Waals surface area contributed by atoms with E-state index in [0.29, 0.717) is 6.04 Å². The lowest BCUT2D eigenvalue weighted by molar-refractivity contribution is 0.167. The summed E-state index contributed by atoms with van der Waals surface area (Å²) in [6, 6.07) is 8.61. The molecule has 1 aliphatic heterocycles. The van der Waals surface area contributed by atoms with Gasteiger partial charge in [0.05, 0.1) is 6.61 Å². The molecule has 4 nitrogen and oxygen atoms in total. The Morgan fingerprint density at radius 1 is 1.05 bits per heavy atom. The van der Waals surface area contributed by atoms with Crippen LogP contribution in [-0.2, 0) is 0 Å². The summed E-state index contributed by atoms with van der Waals surface area (Å²) in [5.41, 5.74) is 0. The standard InChI is InChI=1S/C17H28N2O2.ClH/c1-3-13-20-16-4-6-17(7-5-16)21-14-12-19-10-8-15(18-2)9-11-19;/h4-7,15,18H,3,8-14H2,1-2H3;1H.